The first kappa shape index (κ1) is 19.8. The van der Waals surface area contributed by atoms with Gasteiger partial charge in [-0.3, -0.25) is 4.79 Å². The van der Waals surface area contributed by atoms with Gasteiger partial charge in [-0.25, -0.2) is 0 Å². The zero-order valence-electron chi connectivity index (χ0n) is 14.1. The van der Waals surface area contributed by atoms with Crippen molar-refractivity contribution in [2.75, 3.05) is 25.5 Å². The highest BCUT2D eigenvalue weighted by Crippen LogP contribution is 2.25. The van der Waals surface area contributed by atoms with E-state index in [1.807, 2.05) is 38.2 Å². The van der Waals surface area contributed by atoms with Gasteiger partial charge in [0.2, 0.25) is 5.91 Å². The lowest BCUT2D eigenvalue weighted by Gasteiger charge is -2.21. The average molecular weight is 341 g/mol. The Hall–Kier alpha value is -1.26. The number of benzene rings is 1. The summed E-state index contributed by atoms with van der Waals surface area (Å²) in [6.07, 6.45) is 6.62. The van der Waals surface area contributed by atoms with Crippen LogP contribution >= 0.6 is 12.4 Å². The van der Waals surface area contributed by atoms with Gasteiger partial charge in [0.15, 0.2) is 0 Å². The van der Waals surface area contributed by atoms with E-state index < -0.39 is 0 Å². The molecule has 0 bridgehead atoms. The summed E-state index contributed by atoms with van der Waals surface area (Å²) in [6, 6.07) is 7.67. The number of rotatable bonds is 7. The smallest absolute Gasteiger partial charge is 0.228 e. The molecule has 4 nitrogen and oxygen atoms in total. The van der Waals surface area contributed by atoms with Gasteiger partial charge in [-0.2, -0.15) is 0 Å². The van der Waals surface area contributed by atoms with Crippen LogP contribution in [0.25, 0.3) is 0 Å². The van der Waals surface area contributed by atoms with Crippen LogP contribution in [0.4, 0.5) is 5.69 Å². The van der Waals surface area contributed by atoms with Crippen LogP contribution in [0.2, 0.25) is 0 Å². The number of ether oxygens (including phenoxy) is 1. The van der Waals surface area contributed by atoms with E-state index >= 15 is 0 Å². The third-order valence-electron chi connectivity index (χ3n) is 4.29. The molecule has 0 aromatic heterocycles. The third kappa shape index (κ3) is 6.80. The van der Waals surface area contributed by atoms with Gasteiger partial charge < -0.3 is 15.4 Å². The largest absolute Gasteiger partial charge is 0.493 e. The van der Waals surface area contributed by atoms with Crippen LogP contribution in [0.5, 0.6) is 5.75 Å². The van der Waals surface area contributed by atoms with Crippen molar-refractivity contribution in [3.8, 4) is 5.75 Å². The molecular weight excluding hydrogens is 312 g/mol. The fraction of sp³-hybridized carbons (Fsp3) is 0.611. The number of hydrogen-bond donors (Lipinski definition) is 2. The van der Waals surface area contributed by atoms with Crippen molar-refractivity contribution in [2.24, 2.45) is 11.8 Å². The summed E-state index contributed by atoms with van der Waals surface area (Å²) in [4.78, 5) is 11.9. The molecule has 0 aliphatic heterocycles. The van der Waals surface area contributed by atoms with Crippen molar-refractivity contribution in [2.45, 2.75) is 39.0 Å². The van der Waals surface area contributed by atoms with Crippen LogP contribution in [0.15, 0.2) is 24.3 Å². The molecule has 0 heterocycles. The fourth-order valence-corrected chi connectivity index (χ4v) is 2.87. The van der Waals surface area contributed by atoms with E-state index in [1.54, 1.807) is 0 Å². The van der Waals surface area contributed by atoms with E-state index in [-0.39, 0.29) is 24.2 Å². The summed E-state index contributed by atoms with van der Waals surface area (Å²) in [5.74, 6) is 1.57. The number of nitrogens with one attached hydrogen (secondary N) is 2. The van der Waals surface area contributed by atoms with Crippen LogP contribution in [0, 0.1) is 11.8 Å². The molecule has 1 aromatic rings. The van der Waals surface area contributed by atoms with Crippen molar-refractivity contribution in [1.29, 1.82) is 0 Å². The standard InChI is InChI=1S/C18H28N2O2.ClH/c1-14(12-19-2)18(21)20-16-8-10-17(11-9-16)22-13-15-6-4-3-5-7-15;/h8-11,14-15,19H,3-7,12-13H2,1-2H3,(H,20,21);1H. The zero-order valence-corrected chi connectivity index (χ0v) is 15.0. The minimum absolute atomic E-state index is 0. The van der Waals surface area contributed by atoms with Gasteiger partial charge in [0.25, 0.3) is 0 Å². The van der Waals surface area contributed by atoms with Gasteiger partial charge in [-0.05, 0) is 50.1 Å². The Balaban J connectivity index is 0.00000264. The lowest BCUT2D eigenvalue weighted by Crippen LogP contribution is -2.28. The Morgan fingerprint density at radius 3 is 2.48 bits per heavy atom. The zero-order chi connectivity index (χ0) is 15.8. The predicted molar refractivity (Wildman–Crippen MR) is 97.5 cm³/mol. The molecule has 0 spiro atoms. The molecule has 1 aliphatic carbocycles. The predicted octanol–water partition coefficient (Wildman–Crippen LogP) is 3.86. The van der Waals surface area contributed by atoms with Gasteiger partial charge >= 0.3 is 0 Å². The van der Waals surface area contributed by atoms with Crippen LogP contribution in [-0.2, 0) is 4.79 Å². The van der Waals surface area contributed by atoms with E-state index in [0.717, 1.165) is 18.0 Å². The molecule has 5 heteroatoms. The number of carbonyl (C=O) groups excluding carboxylic acids is 1. The molecule has 1 unspecified atom stereocenters. The maximum Gasteiger partial charge on any atom is 0.228 e. The molecule has 1 fully saturated rings. The lowest BCUT2D eigenvalue weighted by atomic mass is 9.90. The first-order valence-corrected chi connectivity index (χ1v) is 8.37. The van der Waals surface area contributed by atoms with E-state index in [9.17, 15) is 4.79 Å². The molecule has 1 amide bonds. The van der Waals surface area contributed by atoms with E-state index in [4.69, 9.17) is 4.74 Å². The third-order valence-corrected chi connectivity index (χ3v) is 4.29. The second-order valence-corrected chi connectivity index (χ2v) is 6.29. The van der Waals surface area contributed by atoms with Crippen molar-refractivity contribution in [3.05, 3.63) is 24.3 Å². The quantitative estimate of drug-likeness (QED) is 0.792. The Morgan fingerprint density at radius 1 is 1.22 bits per heavy atom. The Morgan fingerprint density at radius 2 is 1.87 bits per heavy atom. The summed E-state index contributed by atoms with van der Waals surface area (Å²) < 4.78 is 5.87. The van der Waals surface area contributed by atoms with Gasteiger partial charge in [0.1, 0.15) is 5.75 Å². The highest BCUT2D eigenvalue weighted by atomic mass is 35.5. The van der Waals surface area contributed by atoms with Crippen molar-refractivity contribution in [3.63, 3.8) is 0 Å². The summed E-state index contributed by atoms with van der Waals surface area (Å²) in [7, 11) is 1.85. The van der Waals surface area contributed by atoms with Crippen molar-refractivity contribution < 1.29 is 9.53 Å². The minimum Gasteiger partial charge on any atom is -0.493 e. The molecule has 1 atom stereocenters. The van der Waals surface area contributed by atoms with Gasteiger partial charge in [-0.1, -0.05) is 26.2 Å². The number of hydrogen-bond acceptors (Lipinski definition) is 3. The highest BCUT2D eigenvalue weighted by molar-refractivity contribution is 5.92. The summed E-state index contributed by atoms with van der Waals surface area (Å²) in [5.41, 5.74) is 0.818. The maximum atomic E-state index is 11.9. The monoisotopic (exact) mass is 340 g/mol. The highest BCUT2D eigenvalue weighted by Gasteiger charge is 2.14. The minimum atomic E-state index is -0.0489. The molecule has 130 valence electrons. The second-order valence-electron chi connectivity index (χ2n) is 6.29. The first-order chi connectivity index (χ1) is 10.7. The average Bonchev–Trinajstić information content (AvgIpc) is 2.55. The normalized spacial score (nSPS) is 16.3. The molecular formula is C18H29ClN2O2. The fourth-order valence-electron chi connectivity index (χ4n) is 2.87. The molecule has 23 heavy (non-hydrogen) atoms. The van der Waals surface area contributed by atoms with Gasteiger partial charge in [0, 0.05) is 18.2 Å². The summed E-state index contributed by atoms with van der Waals surface area (Å²) >= 11 is 0. The molecule has 1 aliphatic rings. The van der Waals surface area contributed by atoms with Crippen LogP contribution in [-0.4, -0.2) is 26.1 Å². The second kappa shape index (κ2) is 10.5. The van der Waals surface area contributed by atoms with Crippen LogP contribution in [0.1, 0.15) is 39.0 Å². The Labute approximate surface area is 145 Å². The molecule has 0 saturated heterocycles. The molecule has 1 aromatic carbocycles. The molecule has 0 radical (unpaired) electrons. The van der Waals surface area contributed by atoms with Gasteiger partial charge in [-0.15, -0.1) is 12.4 Å². The number of carbonyl (C=O) groups is 1. The molecule has 2 N–H and O–H groups in total. The van der Waals surface area contributed by atoms with Crippen LogP contribution in [0.3, 0.4) is 0 Å². The van der Waals surface area contributed by atoms with Crippen molar-refractivity contribution >= 4 is 24.0 Å². The summed E-state index contributed by atoms with van der Waals surface area (Å²) in [6.45, 7) is 3.40. The topological polar surface area (TPSA) is 50.4 Å². The molecule has 2 rings (SSSR count). The van der Waals surface area contributed by atoms with E-state index in [2.05, 4.69) is 10.6 Å². The van der Waals surface area contributed by atoms with E-state index in [1.165, 1.54) is 32.1 Å². The molecule has 1 saturated carbocycles. The summed E-state index contributed by atoms with van der Waals surface area (Å²) in [5, 5.41) is 5.93. The lowest BCUT2D eigenvalue weighted by molar-refractivity contribution is -0.119. The van der Waals surface area contributed by atoms with Gasteiger partial charge in [0.05, 0.1) is 6.61 Å². The van der Waals surface area contributed by atoms with E-state index in [0.29, 0.717) is 12.5 Å². The SMILES string of the molecule is CNCC(C)C(=O)Nc1ccc(OCC2CCCCC2)cc1.Cl. The first-order valence-electron chi connectivity index (χ1n) is 8.37. The Bertz CT molecular complexity index is 459. The number of anilines is 1. The Kier molecular flexibility index (Phi) is 9.03. The maximum absolute atomic E-state index is 11.9. The number of halogens is 1. The number of amides is 1. The van der Waals surface area contributed by atoms with Crippen molar-refractivity contribution in [1.82, 2.24) is 5.32 Å². The van der Waals surface area contributed by atoms with Crippen LogP contribution < -0.4 is 15.4 Å².